The highest BCUT2D eigenvalue weighted by Gasteiger charge is 2.10. The van der Waals surface area contributed by atoms with E-state index < -0.39 is 6.10 Å². The lowest BCUT2D eigenvalue weighted by Crippen LogP contribution is -2.23. The second kappa shape index (κ2) is 8.61. The van der Waals surface area contributed by atoms with E-state index in [4.69, 9.17) is 4.89 Å². The average Bonchev–Trinajstić information content (AvgIpc) is 2.39. The van der Waals surface area contributed by atoms with Crippen LogP contribution < -0.4 is 10.6 Å². The largest absolute Gasteiger partial charge is 0.383 e. The topological polar surface area (TPSA) is 82.9 Å². The van der Waals surface area contributed by atoms with Gasteiger partial charge in [0, 0.05) is 27.2 Å². The van der Waals surface area contributed by atoms with Crippen LogP contribution in [-0.4, -0.2) is 30.2 Å². The summed E-state index contributed by atoms with van der Waals surface area (Å²) in [6, 6.07) is 4.70. The summed E-state index contributed by atoms with van der Waals surface area (Å²) >= 11 is 0. The fourth-order valence-corrected chi connectivity index (χ4v) is 1.92. The van der Waals surface area contributed by atoms with Gasteiger partial charge in [0.25, 0.3) is 0 Å². The number of benzene rings is 1. The normalized spacial score (nSPS) is 12.4. The molecule has 2 unspecified atom stereocenters. The van der Waals surface area contributed by atoms with E-state index in [1.54, 1.807) is 12.1 Å². The van der Waals surface area contributed by atoms with Gasteiger partial charge in [0.1, 0.15) is 5.82 Å². The summed E-state index contributed by atoms with van der Waals surface area (Å²) in [5.74, 6) is -0.359. The predicted octanol–water partition coefficient (Wildman–Crippen LogP) is 2.32. The average molecular weight is 289 g/mol. The van der Waals surface area contributed by atoms with Crippen molar-refractivity contribution in [2.75, 3.05) is 29.9 Å². The van der Waals surface area contributed by atoms with Gasteiger partial charge in [0.15, 0.2) is 11.4 Å². The number of halogens is 1. The highest BCUT2D eigenvalue weighted by Crippen LogP contribution is 2.19. The molecule has 0 radical (unpaired) electrons. The second-order valence-corrected chi connectivity index (χ2v) is 4.49. The van der Waals surface area contributed by atoms with Crippen LogP contribution in [0.15, 0.2) is 23.5 Å². The summed E-state index contributed by atoms with van der Waals surface area (Å²) < 4.78 is 13.6. The van der Waals surface area contributed by atoms with Gasteiger partial charge in [0.05, 0.1) is 12.2 Å². The second-order valence-electron chi connectivity index (χ2n) is 3.77. The first-order valence-corrected chi connectivity index (χ1v) is 6.99. The van der Waals surface area contributed by atoms with Gasteiger partial charge < -0.3 is 20.4 Å². The van der Waals surface area contributed by atoms with Crippen LogP contribution in [0.1, 0.15) is 6.92 Å². The fraction of sp³-hybridized carbons (Fsp3) is 0.455. The minimum absolute atomic E-state index is 0.263. The molecule has 0 heterocycles. The Bertz CT molecular complexity index is 409. The molecule has 1 aromatic rings. The summed E-state index contributed by atoms with van der Waals surface area (Å²) in [5, 5.41) is 8.16. The van der Waals surface area contributed by atoms with Gasteiger partial charge in [-0.05, 0) is 25.1 Å². The molecule has 0 aromatic heterocycles. The lowest BCUT2D eigenvalue weighted by Gasteiger charge is -2.14. The van der Waals surface area contributed by atoms with E-state index in [0.29, 0.717) is 24.1 Å². The molecule has 1 rings (SSSR count). The van der Waals surface area contributed by atoms with E-state index in [9.17, 15) is 9.30 Å². The van der Waals surface area contributed by atoms with Crippen molar-refractivity contribution in [2.45, 2.75) is 13.0 Å². The van der Waals surface area contributed by atoms with Crippen molar-refractivity contribution in [3.8, 4) is 0 Å². The predicted molar refractivity (Wildman–Crippen MR) is 75.1 cm³/mol. The van der Waals surface area contributed by atoms with Gasteiger partial charge in [-0.1, -0.05) is 0 Å². The van der Waals surface area contributed by atoms with Crippen molar-refractivity contribution in [1.82, 2.24) is 0 Å². The summed E-state index contributed by atoms with van der Waals surface area (Å²) in [5.41, 5.74) is 1.01. The number of hydrogen-bond donors (Lipinski definition) is 3. The van der Waals surface area contributed by atoms with Crippen LogP contribution >= 0.6 is 8.81 Å². The van der Waals surface area contributed by atoms with E-state index in [1.807, 2.05) is 6.92 Å². The zero-order valence-corrected chi connectivity index (χ0v) is 11.5. The van der Waals surface area contributed by atoms with E-state index in [-0.39, 0.29) is 21.2 Å². The molecule has 0 saturated heterocycles. The number of nitrogens with zero attached hydrogens (tertiary/aromatic N) is 1. The van der Waals surface area contributed by atoms with Crippen LogP contribution in [0.2, 0.25) is 0 Å². The Hall–Kier alpha value is -1.46. The van der Waals surface area contributed by atoms with Crippen LogP contribution in [0.25, 0.3) is 0 Å². The minimum Gasteiger partial charge on any atom is -0.383 e. The number of rotatable bonds is 9. The molecule has 106 valence electrons. The van der Waals surface area contributed by atoms with Crippen LogP contribution in [-0.2, 0) is 4.84 Å². The van der Waals surface area contributed by atoms with Gasteiger partial charge >= 0.3 is 0 Å². The highest BCUT2D eigenvalue weighted by atomic mass is 31.1. The standard InChI is InChI=1S/C11H17FN3O3P/c1-2-13-11-4-3-8(5-10(11)12)14-6-9(7-19-17)18-15-16/h3-5,9,13-14,17,19H,2,6-7H2,1H3. The molecule has 0 aliphatic rings. The van der Waals surface area contributed by atoms with Gasteiger partial charge in [-0.3, -0.25) is 0 Å². The number of hydrogen-bond acceptors (Lipinski definition) is 6. The molecule has 6 nitrogen and oxygen atoms in total. The van der Waals surface area contributed by atoms with Gasteiger partial charge in [-0.2, -0.15) is 0 Å². The highest BCUT2D eigenvalue weighted by molar-refractivity contribution is 7.31. The molecule has 0 aliphatic heterocycles. The van der Waals surface area contributed by atoms with Crippen LogP contribution in [0.3, 0.4) is 0 Å². The molecule has 2 atom stereocenters. The smallest absolute Gasteiger partial charge is 0.155 e. The van der Waals surface area contributed by atoms with Crippen LogP contribution in [0.5, 0.6) is 0 Å². The van der Waals surface area contributed by atoms with Crippen LogP contribution in [0.4, 0.5) is 15.8 Å². The first-order chi connectivity index (χ1) is 9.21. The molecule has 0 aliphatic carbocycles. The van der Waals surface area contributed by atoms with E-state index in [2.05, 4.69) is 20.8 Å². The molecule has 0 spiro atoms. The Balaban J connectivity index is 2.56. The Labute approximate surface area is 112 Å². The SMILES string of the molecule is CCNc1ccc(NCC(CPO)ON=O)cc1F. The molecule has 3 N–H and O–H groups in total. The van der Waals surface area contributed by atoms with Gasteiger partial charge in [0.2, 0.25) is 0 Å². The monoisotopic (exact) mass is 289 g/mol. The first kappa shape index (κ1) is 15.6. The summed E-state index contributed by atoms with van der Waals surface area (Å²) in [4.78, 5) is 23.4. The summed E-state index contributed by atoms with van der Waals surface area (Å²) in [6.07, 6.45) is -0.228. The quantitative estimate of drug-likeness (QED) is 0.369. The van der Waals surface area contributed by atoms with E-state index in [0.717, 1.165) is 0 Å². The third-order valence-corrected chi connectivity index (χ3v) is 3.02. The van der Waals surface area contributed by atoms with Gasteiger partial charge in [-0.25, -0.2) is 4.39 Å². The molecular weight excluding hydrogens is 272 g/mol. The fourth-order valence-electron chi connectivity index (χ4n) is 1.50. The third kappa shape index (κ3) is 5.36. The first-order valence-electron chi connectivity index (χ1n) is 5.84. The molecule has 8 heteroatoms. The van der Waals surface area contributed by atoms with Gasteiger partial charge in [-0.15, -0.1) is 4.91 Å². The lowest BCUT2D eigenvalue weighted by atomic mass is 10.2. The third-order valence-electron chi connectivity index (χ3n) is 2.38. The van der Waals surface area contributed by atoms with Crippen molar-refractivity contribution in [3.63, 3.8) is 0 Å². The summed E-state index contributed by atoms with van der Waals surface area (Å²) in [6.45, 7) is 2.79. The molecule has 19 heavy (non-hydrogen) atoms. The Morgan fingerprint density at radius 1 is 1.53 bits per heavy atom. The maximum atomic E-state index is 13.6. The molecular formula is C11H17FN3O3P. The number of nitrogens with one attached hydrogen (secondary N) is 2. The van der Waals surface area contributed by atoms with Crippen LogP contribution in [0, 0.1) is 10.7 Å². The van der Waals surface area contributed by atoms with Crippen molar-refractivity contribution in [3.05, 3.63) is 28.9 Å². The zero-order chi connectivity index (χ0) is 14.1. The Morgan fingerprint density at radius 2 is 2.32 bits per heavy atom. The maximum absolute atomic E-state index is 13.6. The molecule has 1 aromatic carbocycles. The number of anilines is 2. The maximum Gasteiger partial charge on any atom is 0.155 e. The summed E-state index contributed by atoms with van der Waals surface area (Å²) in [7, 11) is -0.337. The van der Waals surface area contributed by atoms with Crippen molar-refractivity contribution < 1.29 is 14.1 Å². The van der Waals surface area contributed by atoms with Crippen molar-refractivity contribution in [2.24, 2.45) is 5.34 Å². The Kier molecular flexibility index (Phi) is 7.07. The van der Waals surface area contributed by atoms with Crippen molar-refractivity contribution in [1.29, 1.82) is 0 Å². The zero-order valence-electron chi connectivity index (χ0n) is 10.5. The molecule has 0 saturated carbocycles. The molecule has 0 amide bonds. The molecule has 0 bridgehead atoms. The molecule has 0 fully saturated rings. The van der Waals surface area contributed by atoms with E-state index >= 15 is 0 Å². The van der Waals surface area contributed by atoms with Crippen molar-refractivity contribution >= 4 is 20.2 Å². The minimum atomic E-state index is -0.530. The lowest BCUT2D eigenvalue weighted by molar-refractivity contribution is 0.0797. The Morgan fingerprint density at radius 3 is 2.89 bits per heavy atom. The van der Waals surface area contributed by atoms with E-state index in [1.165, 1.54) is 6.07 Å².